The van der Waals surface area contributed by atoms with E-state index in [1.165, 1.54) is 28.6 Å². The molecule has 0 aliphatic carbocycles. The van der Waals surface area contributed by atoms with E-state index in [0.29, 0.717) is 12.1 Å². The van der Waals surface area contributed by atoms with Gasteiger partial charge in [0.2, 0.25) is 10.0 Å². The van der Waals surface area contributed by atoms with Crippen LogP contribution in [0.3, 0.4) is 0 Å². The fourth-order valence-electron chi connectivity index (χ4n) is 1.32. The molecule has 17 heavy (non-hydrogen) atoms. The van der Waals surface area contributed by atoms with Crippen LogP contribution in [0.25, 0.3) is 0 Å². The number of benzene rings is 1. The van der Waals surface area contributed by atoms with Gasteiger partial charge in [-0.3, -0.25) is 0 Å². The van der Waals surface area contributed by atoms with Crippen LogP contribution >= 0.6 is 0 Å². The van der Waals surface area contributed by atoms with E-state index in [1.807, 2.05) is 6.07 Å². The molecule has 0 aliphatic rings. The number of hydrogen-bond acceptors (Lipinski definition) is 3. The van der Waals surface area contributed by atoms with Crippen molar-refractivity contribution in [2.75, 3.05) is 13.1 Å². The van der Waals surface area contributed by atoms with Crippen LogP contribution in [-0.2, 0) is 10.0 Å². The Balaban J connectivity index is 3.13. The van der Waals surface area contributed by atoms with Crippen molar-refractivity contribution >= 4 is 10.0 Å². The zero-order chi connectivity index (χ0) is 12.9. The highest BCUT2D eigenvalue weighted by molar-refractivity contribution is 7.89. The summed E-state index contributed by atoms with van der Waals surface area (Å²) in [4.78, 5) is 0.147. The Morgan fingerprint density at radius 1 is 1.35 bits per heavy atom. The van der Waals surface area contributed by atoms with Gasteiger partial charge in [-0.25, -0.2) is 8.42 Å². The third-order valence-corrected chi connectivity index (χ3v) is 4.18. The van der Waals surface area contributed by atoms with Crippen molar-refractivity contribution in [3.63, 3.8) is 0 Å². The maximum Gasteiger partial charge on any atom is 0.243 e. The van der Waals surface area contributed by atoms with E-state index in [1.54, 1.807) is 6.92 Å². The second-order valence-electron chi connectivity index (χ2n) is 3.27. The molecule has 0 amide bonds. The minimum absolute atomic E-state index is 0.0405. The summed E-state index contributed by atoms with van der Waals surface area (Å²) in [6, 6.07) is 7.69. The highest BCUT2D eigenvalue weighted by atomic mass is 32.2. The molecular formula is C12H12N2O2S. The van der Waals surface area contributed by atoms with Crippen molar-refractivity contribution in [2.24, 2.45) is 0 Å². The molecule has 0 unspecified atom stereocenters. The van der Waals surface area contributed by atoms with Crippen LogP contribution in [0.2, 0.25) is 0 Å². The summed E-state index contributed by atoms with van der Waals surface area (Å²) in [6.07, 6.45) is 5.13. The van der Waals surface area contributed by atoms with Crippen molar-refractivity contribution in [1.29, 1.82) is 5.26 Å². The Kier molecular flexibility index (Phi) is 4.28. The molecule has 88 valence electrons. The van der Waals surface area contributed by atoms with Crippen molar-refractivity contribution in [3.05, 3.63) is 29.8 Å². The van der Waals surface area contributed by atoms with Gasteiger partial charge < -0.3 is 0 Å². The van der Waals surface area contributed by atoms with Crippen molar-refractivity contribution in [3.8, 4) is 18.4 Å². The van der Waals surface area contributed by atoms with Gasteiger partial charge in [0.1, 0.15) is 0 Å². The van der Waals surface area contributed by atoms with Crippen LogP contribution in [0, 0.1) is 23.7 Å². The van der Waals surface area contributed by atoms with E-state index in [2.05, 4.69) is 5.92 Å². The lowest BCUT2D eigenvalue weighted by atomic mass is 10.2. The topological polar surface area (TPSA) is 61.2 Å². The van der Waals surface area contributed by atoms with Gasteiger partial charge in [0.25, 0.3) is 0 Å². The summed E-state index contributed by atoms with van der Waals surface area (Å²) in [5, 5.41) is 8.63. The van der Waals surface area contributed by atoms with E-state index in [9.17, 15) is 8.42 Å². The molecule has 0 aromatic heterocycles. The molecule has 0 radical (unpaired) electrons. The zero-order valence-electron chi connectivity index (χ0n) is 9.42. The molecule has 0 heterocycles. The van der Waals surface area contributed by atoms with Gasteiger partial charge in [0.05, 0.1) is 23.1 Å². The van der Waals surface area contributed by atoms with E-state index < -0.39 is 10.0 Å². The smallest absolute Gasteiger partial charge is 0.207 e. The van der Waals surface area contributed by atoms with Crippen LogP contribution in [-0.4, -0.2) is 25.8 Å². The Morgan fingerprint density at radius 2 is 1.94 bits per heavy atom. The van der Waals surface area contributed by atoms with Crippen LogP contribution in [0.4, 0.5) is 0 Å². The number of sulfonamides is 1. The van der Waals surface area contributed by atoms with Crippen molar-refractivity contribution in [1.82, 2.24) is 4.31 Å². The van der Waals surface area contributed by atoms with Gasteiger partial charge in [-0.15, -0.1) is 6.42 Å². The number of terminal acetylenes is 1. The first kappa shape index (κ1) is 13.2. The number of nitriles is 1. The molecule has 0 saturated carbocycles. The molecule has 0 spiro atoms. The highest BCUT2D eigenvalue weighted by Gasteiger charge is 2.21. The Hall–Kier alpha value is -1.82. The Bertz CT molecular complexity index is 562. The molecule has 0 fully saturated rings. The van der Waals surface area contributed by atoms with E-state index >= 15 is 0 Å². The molecule has 1 aromatic carbocycles. The normalized spacial score (nSPS) is 10.8. The summed E-state index contributed by atoms with van der Waals surface area (Å²) in [7, 11) is -3.56. The lowest BCUT2D eigenvalue weighted by Crippen LogP contribution is -2.31. The van der Waals surface area contributed by atoms with Gasteiger partial charge >= 0.3 is 0 Å². The van der Waals surface area contributed by atoms with Gasteiger partial charge in [0, 0.05) is 6.54 Å². The predicted octanol–water partition coefficient (Wildman–Crippen LogP) is 1.20. The molecular weight excluding hydrogens is 236 g/mol. The van der Waals surface area contributed by atoms with Crippen molar-refractivity contribution in [2.45, 2.75) is 11.8 Å². The summed E-state index contributed by atoms with van der Waals surface area (Å²) in [5.41, 5.74) is 0.420. The summed E-state index contributed by atoms with van der Waals surface area (Å²) in [6.45, 7) is 2.07. The first-order chi connectivity index (χ1) is 8.06. The van der Waals surface area contributed by atoms with E-state index in [-0.39, 0.29) is 11.4 Å². The third kappa shape index (κ3) is 2.85. The van der Waals surface area contributed by atoms with E-state index in [4.69, 9.17) is 11.7 Å². The minimum atomic E-state index is -3.56. The molecule has 5 heteroatoms. The minimum Gasteiger partial charge on any atom is -0.207 e. The molecule has 0 N–H and O–H groups in total. The lowest BCUT2D eigenvalue weighted by Gasteiger charge is -2.17. The van der Waals surface area contributed by atoms with E-state index in [0.717, 1.165) is 0 Å². The van der Waals surface area contributed by atoms with Gasteiger partial charge in [-0.2, -0.15) is 9.57 Å². The van der Waals surface area contributed by atoms with Crippen molar-refractivity contribution < 1.29 is 8.42 Å². The number of hydrogen-bond donors (Lipinski definition) is 0. The highest BCUT2D eigenvalue weighted by Crippen LogP contribution is 2.15. The Labute approximate surface area is 102 Å². The second kappa shape index (κ2) is 5.49. The largest absolute Gasteiger partial charge is 0.243 e. The average Bonchev–Trinajstić information content (AvgIpc) is 2.35. The van der Waals surface area contributed by atoms with Gasteiger partial charge in [-0.05, 0) is 24.3 Å². The first-order valence-corrected chi connectivity index (χ1v) is 6.44. The van der Waals surface area contributed by atoms with Crippen LogP contribution in [0.5, 0.6) is 0 Å². The predicted molar refractivity (Wildman–Crippen MR) is 64.4 cm³/mol. The molecule has 0 bridgehead atoms. The molecule has 0 aliphatic heterocycles. The van der Waals surface area contributed by atoms with Gasteiger partial charge in [0.15, 0.2) is 0 Å². The Morgan fingerprint density at radius 3 is 2.35 bits per heavy atom. The lowest BCUT2D eigenvalue weighted by molar-refractivity contribution is 0.464. The fourth-order valence-corrected chi connectivity index (χ4v) is 2.68. The SMILES string of the molecule is C#CCN(CC)S(=O)(=O)c1ccc(C#N)cc1. The third-order valence-electron chi connectivity index (χ3n) is 2.24. The van der Waals surface area contributed by atoms with Crippen LogP contribution in [0.1, 0.15) is 12.5 Å². The number of rotatable bonds is 4. The zero-order valence-corrected chi connectivity index (χ0v) is 10.2. The maximum atomic E-state index is 12.1. The second-order valence-corrected chi connectivity index (χ2v) is 5.21. The molecule has 4 nitrogen and oxygen atoms in total. The maximum absolute atomic E-state index is 12.1. The molecule has 0 saturated heterocycles. The fraction of sp³-hybridized carbons (Fsp3) is 0.250. The monoisotopic (exact) mass is 248 g/mol. The number of nitrogens with zero attached hydrogens (tertiary/aromatic N) is 2. The van der Waals surface area contributed by atoms with Gasteiger partial charge in [-0.1, -0.05) is 12.8 Å². The van der Waals surface area contributed by atoms with Crippen LogP contribution in [0.15, 0.2) is 29.2 Å². The van der Waals surface area contributed by atoms with Crippen LogP contribution < -0.4 is 0 Å². The molecule has 1 aromatic rings. The quantitative estimate of drug-likeness (QED) is 0.752. The summed E-state index contributed by atoms with van der Waals surface area (Å²) >= 11 is 0. The molecule has 0 atom stereocenters. The molecule has 1 rings (SSSR count). The summed E-state index contributed by atoms with van der Waals surface area (Å²) in [5.74, 6) is 2.31. The first-order valence-electron chi connectivity index (χ1n) is 5.00. The summed E-state index contributed by atoms with van der Waals surface area (Å²) < 4.78 is 25.4. The average molecular weight is 248 g/mol. The standard InChI is InChI=1S/C12H12N2O2S/c1-3-9-14(4-2)17(15,16)12-7-5-11(10-13)6-8-12/h1,5-8H,4,9H2,2H3.